The Labute approximate surface area is 118 Å². The number of rotatable bonds is 6. The molecule has 1 fully saturated rings. The largest absolute Gasteiger partial charge is 0.330 e. The molecule has 0 spiro atoms. The quantitative estimate of drug-likeness (QED) is 0.805. The van der Waals surface area contributed by atoms with Crippen molar-refractivity contribution in [3.8, 4) is 0 Å². The normalized spacial score (nSPS) is 23.0. The van der Waals surface area contributed by atoms with E-state index >= 15 is 0 Å². The van der Waals surface area contributed by atoms with E-state index in [1.54, 1.807) is 0 Å². The number of nitrogens with zero attached hydrogens (tertiary/aromatic N) is 1. The second kappa shape index (κ2) is 7.76. The van der Waals surface area contributed by atoms with E-state index < -0.39 is 0 Å². The highest BCUT2D eigenvalue weighted by atomic mass is 32.2. The van der Waals surface area contributed by atoms with Crippen LogP contribution in [-0.4, -0.2) is 41.6 Å². The van der Waals surface area contributed by atoms with Crippen molar-refractivity contribution in [3.63, 3.8) is 0 Å². The highest BCUT2D eigenvalue weighted by Gasteiger charge is 2.23. The van der Waals surface area contributed by atoms with Gasteiger partial charge in [0.15, 0.2) is 0 Å². The van der Waals surface area contributed by atoms with Gasteiger partial charge in [-0.25, -0.2) is 0 Å². The lowest BCUT2D eigenvalue weighted by Gasteiger charge is -2.24. The zero-order valence-electron chi connectivity index (χ0n) is 12.7. The Hall–Kier alpha value is 0.270. The molecule has 0 saturated carbocycles. The molecule has 0 bridgehead atoms. The van der Waals surface area contributed by atoms with Crippen LogP contribution in [-0.2, 0) is 0 Å². The maximum Gasteiger partial charge on any atom is 0.0116 e. The molecule has 2 nitrogen and oxygen atoms in total. The summed E-state index contributed by atoms with van der Waals surface area (Å²) in [7, 11) is 0. The summed E-state index contributed by atoms with van der Waals surface area (Å²) in [5.74, 6) is 2.77. The highest BCUT2D eigenvalue weighted by Crippen LogP contribution is 2.30. The molecule has 0 amide bonds. The first-order chi connectivity index (χ1) is 8.43. The van der Waals surface area contributed by atoms with Crippen molar-refractivity contribution in [2.75, 3.05) is 31.9 Å². The average Bonchev–Trinajstić information content (AvgIpc) is 2.45. The summed E-state index contributed by atoms with van der Waals surface area (Å²) in [5.41, 5.74) is 5.89. The van der Waals surface area contributed by atoms with Crippen LogP contribution in [0.1, 0.15) is 47.0 Å². The van der Waals surface area contributed by atoms with Crippen molar-refractivity contribution in [2.45, 2.75) is 51.7 Å². The SMILES string of the molecule is CC(C)CC(CN)CCN1CCSC(C)(C)CC1. The van der Waals surface area contributed by atoms with Crippen molar-refractivity contribution in [3.05, 3.63) is 0 Å². The van der Waals surface area contributed by atoms with E-state index in [1.165, 1.54) is 44.6 Å². The van der Waals surface area contributed by atoms with Crippen LogP contribution in [0, 0.1) is 11.8 Å². The third-order valence-electron chi connectivity index (χ3n) is 3.92. The Bertz CT molecular complexity index is 229. The predicted octanol–water partition coefficient (Wildman–Crippen LogP) is 3.22. The molecule has 1 heterocycles. The van der Waals surface area contributed by atoms with Crippen LogP contribution in [0.2, 0.25) is 0 Å². The van der Waals surface area contributed by atoms with Gasteiger partial charge in [-0.1, -0.05) is 27.7 Å². The van der Waals surface area contributed by atoms with Crippen LogP contribution < -0.4 is 5.73 Å². The number of hydrogen-bond donors (Lipinski definition) is 1. The maximum absolute atomic E-state index is 5.89. The van der Waals surface area contributed by atoms with Crippen LogP contribution in [0.5, 0.6) is 0 Å². The number of hydrogen-bond acceptors (Lipinski definition) is 3. The van der Waals surface area contributed by atoms with Gasteiger partial charge in [-0.2, -0.15) is 11.8 Å². The Kier molecular flexibility index (Phi) is 7.04. The standard InChI is InChI=1S/C15H32N2S/c1-13(2)11-14(12-16)5-7-17-8-6-15(3,4)18-10-9-17/h13-14H,5-12,16H2,1-4H3. The zero-order chi connectivity index (χ0) is 13.6. The molecule has 1 atom stereocenters. The zero-order valence-corrected chi connectivity index (χ0v) is 13.6. The van der Waals surface area contributed by atoms with Gasteiger partial charge in [-0.15, -0.1) is 0 Å². The van der Waals surface area contributed by atoms with Crippen molar-refractivity contribution >= 4 is 11.8 Å². The van der Waals surface area contributed by atoms with Gasteiger partial charge in [0.1, 0.15) is 0 Å². The summed E-state index contributed by atoms with van der Waals surface area (Å²) in [5, 5.41) is 0. The Morgan fingerprint density at radius 2 is 2.00 bits per heavy atom. The van der Waals surface area contributed by atoms with E-state index in [1.807, 2.05) is 0 Å². The molecular weight excluding hydrogens is 240 g/mol. The molecule has 2 N–H and O–H groups in total. The molecule has 1 rings (SSSR count). The van der Waals surface area contributed by atoms with Crippen LogP contribution in [0.4, 0.5) is 0 Å². The predicted molar refractivity (Wildman–Crippen MR) is 84.2 cm³/mol. The summed E-state index contributed by atoms with van der Waals surface area (Å²) in [6, 6.07) is 0. The summed E-state index contributed by atoms with van der Waals surface area (Å²) in [6.45, 7) is 14.0. The first kappa shape index (κ1) is 16.3. The molecule has 0 aromatic carbocycles. The van der Waals surface area contributed by atoms with E-state index in [4.69, 9.17) is 5.73 Å². The van der Waals surface area contributed by atoms with Gasteiger partial charge < -0.3 is 10.6 Å². The molecular formula is C15H32N2S. The fourth-order valence-electron chi connectivity index (χ4n) is 2.65. The topological polar surface area (TPSA) is 29.3 Å². The van der Waals surface area contributed by atoms with Gasteiger partial charge in [-0.05, 0) is 50.7 Å². The Balaban J connectivity index is 2.29. The molecule has 0 aliphatic carbocycles. The monoisotopic (exact) mass is 272 g/mol. The molecule has 18 heavy (non-hydrogen) atoms. The molecule has 1 aliphatic heterocycles. The van der Waals surface area contributed by atoms with Crippen molar-refractivity contribution in [2.24, 2.45) is 17.6 Å². The second-order valence-corrected chi connectivity index (χ2v) is 8.52. The van der Waals surface area contributed by atoms with Crippen molar-refractivity contribution in [1.29, 1.82) is 0 Å². The summed E-state index contributed by atoms with van der Waals surface area (Å²) in [6.07, 6.45) is 3.87. The molecule has 0 aromatic rings. The van der Waals surface area contributed by atoms with Crippen LogP contribution >= 0.6 is 11.8 Å². The first-order valence-corrected chi connectivity index (χ1v) is 8.48. The van der Waals surface area contributed by atoms with Crippen molar-refractivity contribution < 1.29 is 0 Å². The lowest BCUT2D eigenvalue weighted by Crippen LogP contribution is -2.31. The van der Waals surface area contributed by atoms with Gasteiger partial charge in [0.05, 0.1) is 0 Å². The van der Waals surface area contributed by atoms with Crippen LogP contribution in [0.3, 0.4) is 0 Å². The fourth-order valence-corrected chi connectivity index (χ4v) is 3.79. The van der Waals surface area contributed by atoms with Gasteiger partial charge in [-0.3, -0.25) is 0 Å². The van der Waals surface area contributed by atoms with Crippen LogP contribution in [0.15, 0.2) is 0 Å². The third kappa shape index (κ3) is 6.44. The summed E-state index contributed by atoms with van der Waals surface area (Å²) >= 11 is 2.13. The van der Waals surface area contributed by atoms with Gasteiger partial charge >= 0.3 is 0 Å². The van der Waals surface area contributed by atoms with Gasteiger partial charge in [0.25, 0.3) is 0 Å². The molecule has 3 heteroatoms. The molecule has 0 radical (unpaired) electrons. The second-order valence-electron chi connectivity index (χ2n) is 6.72. The van der Waals surface area contributed by atoms with Gasteiger partial charge in [0, 0.05) is 17.0 Å². The minimum absolute atomic E-state index is 0.472. The number of nitrogens with two attached hydrogens (primary N) is 1. The molecule has 108 valence electrons. The minimum Gasteiger partial charge on any atom is -0.330 e. The van der Waals surface area contributed by atoms with E-state index in [0.29, 0.717) is 10.7 Å². The lowest BCUT2D eigenvalue weighted by molar-refractivity contribution is 0.251. The Morgan fingerprint density at radius 1 is 1.28 bits per heavy atom. The minimum atomic E-state index is 0.472. The molecule has 1 unspecified atom stereocenters. The average molecular weight is 273 g/mol. The third-order valence-corrected chi connectivity index (χ3v) is 5.29. The van der Waals surface area contributed by atoms with E-state index in [0.717, 1.165) is 12.5 Å². The van der Waals surface area contributed by atoms with E-state index in [9.17, 15) is 0 Å². The Morgan fingerprint density at radius 3 is 2.61 bits per heavy atom. The van der Waals surface area contributed by atoms with E-state index in [-0.39, 0.29) is 0 Å². The lowest BCUT2D eigenvalue weighted by atomic mass is 9.94. The molecule has 0 aromatic heterocycles. The summed E-state index contributed by atoms with van der Waals surface area (Å²) < 4.78 is 0.472. The smallest absolute Gasteiger partial charge is 0.0116 e. The fraction of sp³-hybridized carbons (Fsp3) is 1.00. The number of thioether (sulfide) groups is 1. The maximum atomic E-state index is 5.89. The highest BCUT2D eigenvalue weighted by molar-refractivity contribution is 8.00. The molecule has 1 aliphatic rings. The van der Waals surface area contributed by atoms with Gasteiger partial charge in [0.2, 0.25) is 0 Å². The van der Waals surface area contributed by atoms with E-state index in [2.05, 4.69) is 44.4 Å². The summed E-state index contributed by atoms with van der Waals surface area (Å²) in [4.78, 5) is 2.64. The molecule has 1 saturated heterocycles. The van der Waals surface area contributed by atoms with Crippen molar-refractivity contribution in [1.82, 2.24) is 4.90 Å². The first-order valence-electron chi connectivity index (χ1n) is 7.49. The van der Waals surface area contributed by atoms with Crippen LogP contribution in [0.25, 0.3) is 0 Å².